The molecule has 0 saturated carbocycles. The highest BCUT2D eigenvalue weighted by molar-refractivity contribution is 7.90. The Kier molecular flexibility index (Phi) is 10.2. The number of sulfonamides is 1. The number of fused-ring (bicyclic) bond motifs is 1. The van der Waals surface area contributed by atoms with Gasteiger partial charge >= 0.3 is 12.2 Å². The second-order valence-electron chi connectivity index (χ2n) is 12.1. The summed E-state index contributed by atoms with van der Waals surface area (Å²) in [6.45, 7) is 9.47. The molecule has 0 aliphatic rings. The summed E-state index contributed by atoms with van der Waals surface area (Å²) in [5.41, 5.74) is -1.70. The molecule has 1 aromatic heterocycles. The van der Waals surface area contributed by atoms with Gasteiger partial charge in [-0.3, -0.25) is 4.84 Å². The predicted octanol–water partition coefficient (Wildman–Crippen LogP) is 5.91. The maximum absolute atomic E-state index is 13.8. The van der Waals surface area contributed by atoms with Crippen LogP contribution < -0.4 is 0 Å². The smallest absolute Gasteiger partial charge is 0.442 e. The van der Waals surface area contributed by atoms with Gasteiger partial charge in [0.2, 0.25) is 10.0 Å². The molecule has 11 nitrogen and oxygen atoms in total. The van der Waals surface area contributed by atoms with Gasteiger partial charge in [0.1, 0.15) is 17.2 Å². The van der Waals surface area contributed by atoms with Crippen LogP contribution in [0.2, 0.25) is 0 Å². The fourth-order valence-corrected chi connectivity index (χ4v) is 7.53. The monoisotopic (exact) mass is 654 g/mol. The van der Waals surface area contributed by atoms with E-state index in [1.807, 2.05) is 17.5 Å². The molecule has 0 aliphatic heterocycles. The molecular formula is C29H38N2O9S3. The zero-order chi connectivity index (χ0) is 32.4. The van der Waals surface area contributed by atoms with Crippen LogP contribution in [0.15, 0.2) is 58.8 Å². The first kappa shape index (κ1) is 34.3. The molecule has 14 heteroatoms. The van der Waals surface area contributed by atoms with Gasteiger partial charge in [-0.05, 0) is 87.7 Å². The Hall–Kier alpha value is -3.20. The van der Waals surface area contributed by atoms with Crippen LogP contribution in [0.1, 0.15) is 58.7 Å². The molecule has 0 fully saturated rings. The van der Waals surface area contributed by atoms with Crippen LogP contribution in [0, 0.1) is 0 Å². The fourth-order valence-electron chi connectivity index (χ4n) is 4.01. The van der Waals surface area contributed by atoms with Crippen LogP contribution in [0.3, 0.4) is 0 Å². The SMILES string of the molecule is CN(C)S(=O)(=O)c1ccccc1[C@@H](CS(=O)(=O)Cc1ccc2sccc2c1)N(OC(=O)OC(C)(C)C)C(=O)OC(C)(C)C. The number of rotatable bonds is 8. The lowest BCUT2D eigenvalue weighted by Crippen LogP contribution is -2.44. The van der Waals surface area contributed by atoms with Gasteiger partial charge in [-0.1, -0.05) is 24.3 Å². The maximum Gasteiger partial charge on any atom is 0.534 e. The van der Waals surface area contributed by atoms with Gasteiger partial charge in [0.15, 0.2) is 9.84 Å². The summed E-state index contributed by atoms with van der Waals surface area (Å²) in [5, 5.41) is 3.22. The molecular weight excluding hydrogens is 617 g/mol. The van der Waals surface area contributed by atoms with E-state index < -0.39 is 60.9 Å². The molecule has 3 rings (SSSR count). The first-order valence-corrected chi connectivity index (χ1v) is 17.4. The fraction of sp³-hybridized carbons (Fsp3) is 0.448. The minimum absolute atomic E-state index is 0.0949. The number of carbonyl (C=O) groups excluding carboxylic acids is 2. The number of sulfone groups is 1. The summed E-state index contributed by atoms with van der Waals surface area (Å²) >= 11 is 1.52. The molecule has 2 aromatic carbocycles. The first-order valence-electron chi connectivity index (χ1n) is 13.3. The molecule has 0 saturated heterocycles. The van der Waals surface area contributed by atoms with Crippen molar-refractivity contribution in [3.63, 3.8) is 0 Å². The highest BCUT2D eigenvalue weighted by Crippen LogP contribution is 2.33. The third-order valence-corrected chi connectivity index (χ3v) is 10.2. The number of hydrogen-bond donors (Lipinski definition) is 0. The molecule has 0 radical (unpaired) electrons. The van der Waals surface area contributed by atoms with E-state index in [4.69, 9.17) is 14.3 Å². The standard InChI is InChI=1S/C29H38N2O9S3/c1-28(2,3)38-26(32)31(40-27(33)39-29(4,5)6)23(22-11-9-10-12-25(22)43(36,37)30(7)8)19-42(34,35)18-20-13-14-24-21(17-20)15-16-41-24/h9-17,23H,18-19H2,1-8H3/t23-/m1/s1. The van der Waals surface area contributed by atoms with Crippen LogP contribution in [0.25, 0.3) is 10.1 Å². The first-order chi connectivity index (χ1) is 19.7. The third kappa shape index (κ3) is 9.39. The van der Waals surface area contributed by atoms with Crippen LogP contribution in [0.5, 0.6) is 0 Å². The minimum Gasteiger partial charge on any atom is -0.442 e. The molecule has 0 bridgehead atoms. The third-order valence-electron chi connectivity index (χ3n) is 5.77. The number of benzene rings is 2. The van der Waals surface area contributed by atoms with Gasteiger partial charge < -0.3 is 9.47 Å². The normalized spacial score (nSPS) is 13.5. The summed E-state index contributed by atoms with van der Waals surface area (Å²) in [7, 11) is -5.60. The number of amides is 1. The molecule has 0 N–H and O–H groups in total. The summed E-state index contributed by atoms with van der Waals surface area (Å²) in [4.78, 5) is 31.5. The zero-order valence-corrected chi connectivity index (χ0v) is 27.9. The van der Waals surface area contributed by atoms with E-state index in [1.54, 1.807) is 53.7 Å². The van der Waals surface area contributed by atoms with Gasteiger partial charge in [0.25, 0.3) is 0 Å². The second-order valence-corrected chi connectivity index (χ2v) is 17.2. The van der Waals surface area contributed by atoms with Gasteiger partial charge in [-0.2, -0.15) is 0 Å². The quantitative estimate of drug-likeness (QED) is 0.214. The van der Waals surface area contributed by atoms with Gasteiger partial charge in [0, 0.05) is 18.8 Å². The second kappa shape index (κ2) is 12.8. The van der Waals surface area contributed by atoms with Crippen molar-refractivity contribution < 1.29 is 40.7 Å². The zero-order valence-electron chi connectivity index (χ0n) is 25.5. The van der Waals surface area contributed by atoms with E-state index in [0.717, 1.165) is 14.4 Å². The summed E-state index contributed by atoms with van der Waals surface area (Å²) < 4.78 is 66.9. The Balaban J connectivity index is 2.18. The number of hydroxylamine groups is 2. The van der Waals surface area contributed by atoms with Crippen molar-refractivity contribution in [2.24, 2.45) is 0 Å². The molecule has 3 aromatic rings. The Morgan fingerprint density at radius 2 is 1.51 bits per heavy atom. The lowest BCUT2D eigenvalue weighted by molar-refractivity contribution is -0.153. The lowest BCUT2D eigenvalue weighted by atomic mass is 10.1. The Morgan fingerprint density at radius 3 is 2.12 bits per heavy atom. The Bertz CT molecular complexity index is 1680. The van der Waals surface area contributed by atoms with Gasteiger partial charge in [0.05, 0.1) is 16.4 Å². The largest absolute Gasteiger partial charge is 0.534 e. The number of thiophene rings is 1. The van der Waals surface area contributed by atoms with Crippen molar-refractivity contribution in [1.29, 1.82) is 0 Å². The van der Waals surface area contributed by atoms with E-state index in [-0.39, 0.29) is 10.5 Å². The number of nitrogens with zero attached hydrogens (tertiary/aromatic N) is 2. The Morgan fingerprint density at radius 1 is 0.884 bits per heavy atom. The van der Waals surface area contributed by atoms with Crippen molar-refractivity contribution in [2.45, 2.75) is 69.4 Å². The predicted molar refractivity (Wildman–Crippen MR) is 165 cm³/mol. The van der Waals surface area contributed by atoms with E-state index in [1.165, 1.54) is 49.7 Å². The van der Waals surface area contributed by atoms with E-state index in [2.05, 4.69) is 0 Å². The van der Waals surface area contributed by atoms with Crippen molar-refractivity contribution in [3.05, 3.63) is 65.0 Å². The van der Waals surface area contributed by atoms with Gasteiger partial charge in [-0.25, -0.2) is 30.7 Å². The number of ether oxygens (including phenoxy) is 2. The number of carbonyl (C=O) groups is 2. The summed E-state index contributed by atoms with van der Waals surface area (Å²) in [6, 6.07) is 11.1. The number of hydrogen-bond acceptors (Lipinski definition) is 10. The average molecular weight is 655 g/mol. The van der Waals surface area contributed by atoms with Crippen molar-refractivity contribution in [1.82, 2.24) is 9.37 Å². The molecule has 1 atom stereocenters. The van der Waals surface area contributed by atoms with Crippen LogP contribution in [0.4, 0.5) is 9.59 Å². The molecule has 43 heavy (non-hydrogen) atoms. The highest BCUT2D eigenvalue weighted by atomic mass is 32.2. The van der Waals surface area contributed by atoms with E-state index in [0.29, 0.717) is 10.6 Å². The average Bonchev–Trinajstić information content (AvgIpc) is 3.31. The minimum atomic E-state index is -4.15. The van der Waals surface area contributed by atoms with Crippen molar-refractivity contribution in [3.8, 4) is 0 Å². The van der Waals surface area contributed by atoms with Crippen molar-refractivity contribution >= 4 is 53.5 Å². The molecule has 0 unspecified atom stereocenters. The van der Waals surface area contributed by atoms with Crippen molar-refractivity contribution in [2.75, 3.05) is 19.8 Å². The molecule has 236 valence electrons. The van der Waals surface area contributed by atoms with Gasteiger partial charge in [-0.15, -0.1) is 16.4 Å². The topological polar surface area (TPSA) is 137 Å². The molecule has 1 amide bonds. The molecule has 1 heterocycles. The lowest BCUT2D eigenvalue weighted by Gasteiger charge is -2.33. The molecule has 0 spiro atoms. The summed E-state index contributed by atoms with van der Waals surface area (Å²) in [6.07, 6.45) is -2.52. The molecule has 0 aliphatic carbocycles. The van der Waals surface area contributed by atoms with Crippen LogP contribution in [-0.2, 0) is 39.9 Å². The van der Waals surface area contributed by atoms with Crippen LogP contribution >= 0.6 is 11.3 Å². The highest BCUT2D eigenvalue weighted by Gasteiger charge is 2.40. The maximum atomic E-state index is 13.8. The summed E-state index contributed by atoms with van der Waals surface area (Å²) in [5.74, 6) is -1.23. The Labute approximate surface area is 257 Å². The van der Waals surface area contributed by atoms with E-state index in [9.17, 15) is 26.4 Å². The van der Waals surface area contributed by atoms with Crippen LogP contribution in [-0.4, -0.2) is 69.5 Å². The van der Waals surface area contributed by atoms with E-state index >= 15 is 0 Å².